The zero-order valence-electron chi connectivity index (χ0n) is 51.4. The summed E-state index contributed by atoms with van der Waals surface area (Å²) < 4.78 is 22.0. The second-order valence-corrected chi connectivity index (χ2v) is 30.4. The largest absolute Gasteiger partial charge is 1.00 e. The van der Waals surface area contributed by atoms with E-state index in [0.717, 1.165) is 53.4 Å². The first kappa shape index (κ1) is 82.8. The van der Waals surface area contributed by atoms with E-state index in [-0.39, 0.29) is 144 Å². The molecule has 7 N–H and O–H groups in total. The normalized spacial score (nSPS) is 12.1. The van der Waals surface area contributed by atoms with E-state index >= 15 is 0 Å². The summed E-state index contributed by atoms with van der Waals surface area (Å²) in [6.07, 6.45) is 0.947. The van der Waals surface area contributed by atoms with Crippen molar-refractivity contribution in [3.8, 4) is 0 Å². The Morgan fingerprint density at radius 3 is 1.10 bits per heavy atom. The van der Waals surface area contributed by atoms with Crippen LogP contribution >= 0.6 is 36.1 Å². The van der Waals surface area contributed by atoms with Gasteiger partial charge in [-0.15, -0.1) is 0 Å². The summed E-state index contributed by atoms with van der Waals surface area (Å²) in [5, 5.41) is 14.7. The van der Waals surface area contributed by atoms with Crippen molar-refractivity contribution in [2.75, 3.05) is 56.8 Å². The highest BCUT2D eigenvalue weighted by Gasteiger charge is 2.47. The summed E-state index contributed by atoms with van der Waals surface area (Å²) in [5.41, 5.74) is 12.4. The highest BCUT2D eigenvalue weighted by atomic mass is 79.9. The molecule has 0 aliphatic carbocycles. The molecule has 0 aliphatic rings. The fourth-order valence-electron chi connectivity index (χ4n) is 9.75. The lowest BCUT2D eigenvalue weighted by atomic mass is 10.1. The number of amides is 3. The van der Waals surface area contributed by atoms with Crippen molar-refractivity contribution >= 4 is 115 Å². The van der Waals surface area contributed by atoms with Crippen LogP contribution in [0.2, 0.25) is 0 Å². The van der Waals surface area contributed by atoms with E-state index in [2.05, 4.69) is 88.7 Å². The topological polar surface area (TPSA) is 262 Å². The molecule has 0 heterocycles. The van der Waals surface area contributed by atoms with Crippen molar-refractivity contribution in [1.82, 2.24) is 16.0 Å². The molecule has 0 saturated heterocycles. The monoisotopic (exact) mass is 1590 g/mol. The summed E-state index contributed by atoms with van der Waals surface area (Å²) in [5.74, 6) is -5.10. The molecule has 6 aromatic carbocycles. The number of nitrogens with one attached hydrogen (secondary N) is 3. The highest BCUT2D eigenvalue weighted by molar-refractivity contribution is 8.76. The molecule has 3 amide bonds. The Morgan fingerprint density at radius 2 is 0.728 bits per heavy atom. The Hall–Kier alpha value is -5.32. The first-order valence-corrected chi connectivity index (χ1v) is 36.0. The van der Waals surface area contributed by atoms with E-state index in [4.69, 9.17) is 30.4 Å². The van der Waals surface area contributed by atoms with Gasteiger partial charge in [0.1, 0.15) is 96.6 Å². The number of benzene rings is 6. The lowest BCUT2D eigenvalue weighted by Crippen LogP contribution is -3.00. The third-order valence-corrected chi connectivity index (χ3v) is 25.5. The van der Waals surface area contributed by atoms with E-state index in [1.165, 1.54) is 0 Å². The summed E-state index contributed by atoms with van der Waals surface area (Å²) >= 11 is 0. The summed E-state index contributed by atoms with van der Waals surface area (Å²) in [4.78, 5) is 107. The fraction of sp³-hybridized carbons (Fsp3) is 0.343. The Balaban J connectivity index is 0.00000721. The summed E-state index contributed by atoms with van der Waals surface area (Å²) in [6, 6.07) is 56.3. The molecule has 4 atom stereocenters. The molecular formula is C67H81Br4N5O12P2S2-2. The van der Waals surface area contributed by atoms with Gasteiger partial charge in [0, 0.05) is 30.8 Å². The van der Waals surface area contributed by atoms with Crippen molar-refractivity contribution in [3.05, 3.63) is 182 Å². The number of halogens is 4. The van der Waals surface area contributed by atoms with Gasteiger partial charge in [-0.25, -0.2) is 0 Å². The number of carbonyl (C=O) groups is 8. The quantitative estimate of drug-likeness (QED) is 0.00795. The lowest BCUT2D eigenvalue weighted by molar-refractivity contribution is -0.146. The third-order valence-electron chi connectivity index (χ3n) is 14.3. The SMILES string of the molecule is CCCOC(=O)CNC(=O)C(CSSCC(NC(=O)CCC(N)C(=O)OCCC)C(=O)CCC(=O)OCC[P+](c1ccccc1)(c1ccccc1)c1ccccc1)NC(=O)CCC(N)C(=O)OCC[P+](c1ccccc1)(c1ccccc1)c1ccccc1.[Br-].[Br-].[Br-].[Br-]. The minimum atomic E-state index is -2.32. The van der Waals surface area contributed by atoms with Crippen LogP contribution in [0.4, 0.5) is 0 Å². The molecule has 6 aromatic rings. The maximum absolute atomic E-state index is 14.1. The van der Waals surface area contributed by atoms with Gasteiger partial charge in [0.05, 0.1) is 25.7 Å². The predicted molar refractivity (Wildman–Crippen MR) is 355 cm³/mol. The van der Waals surface area contributed by atoms with Crippen LogP contribution in [-0.4, -0.2) is 128 Å². The van der Waals surface area contributed by atoms with Crippen LogP contribution in [-0.2, 0) is 57.3 Å². The van der Waals surface area contributed by atoms with Crippen LogP contribution in [0.5, 0.6) is 0 Å². The molecule has 0 bridgehead atoms. The van der Waals surface area contributed by atoms with Gasteiger partial charge in [-0.2, -0.15) is 0 Å². The van der Waals surface area contributed by atoms with Gasteiger partial charge >= 0.3 is 23.9 Å². The summed E-state index contributed by atoms with van der Waals surface area (Å²) in [7, 11) is -2.42. The minimum absolute atomic E-state index is 0. The van der Waals surface area contributed by atoms with Crippen LogP contribution < -0.4 is 127 Å². The van der Waals surface area contributed by atoms with E-state index in [1.54, 1.807) is 0 Å². The van der Waals surface area contributed by atoms with Crippen LogP contribution in [0.25, 0.3) is 0 Å². The molecule has 4 unspecified atom stereocenters. The number of hydrogen-bond donors (Lipinski definition) is 5. The van der Waals surface area contributed by atoms with E-state index < -0.39 is 92.6 Å². The molecule has 0 aliphatic heterocycles. The van der Waals surface area contributed by atoms with Gasteiger partial charge in [0.15, 0.2) is 5.78 Å². The van der Waals surface area contributed by atoms with Gasteiger partial charge in [0.2, 0.25) is 17.7 Å². The Morgan fingerprint density at radius 1 is 0.413 bits per heavy atom. The highest BCUT2D eigenvalue weighted by Crippen LogP contribution is 2.56. The van der Waals surface area contributed by atoms with Crippen molar-refractivity contribution in [1.29, 1.82) is 0 Å². The molecule has 6 rings (SSSR count). The zero-order chi connectivity index (χ0) is 63.0. The second-order valence-electron chi connectivity index (χ2n) is 20.6. The van der Waals surface area contributed by atoms with Crippen molar-refractivity contribution in [2.45, 2.75) is 89.4 Å². The van der Waals surface area contributed by atoms with Crippen LogP contribution in [0, 0.1) is 0 Å². The number of rotatable bonds is 38. The number of ether oxygens (including phenoxy) is 4. The Bertz CT molecular complexity index is 2980. The fourth-order valence-corrected chi connectivity index (χ4v) is 20.3. The number of ketones is 1. The lowest BCUT2D eigenvalue weighted by Gasteiger charge is -2.27. The number of carbonyl (C=O) groups excluding carboxylic acids is 8. The molecule has 0 radical (unpaired) electrons. The van der Waals surface area contributed by atoms with Crippen LogP contribution in [0.3, 0.4) is 0 Å². The maximum Gasteiger partial charge on any atom is 0.325 e. The molecule has 0 spiro atoms. The molecule has 0 fully saturated rings. The Labute approximate surface area is 591 Å². The summed E-state index contributed by atoms with van der Waals surface area (Å²) in [6.45, 7) is 3.64. The first-order chi connectivity index (χ1) is 42.7. The average molecular weight is 1590 g/mol. The van der Waals surface area contributed by atoms with E-state index in [0.29, 0.717) is 25.2 Å². The molecule has 498 valence electrons. The molecular weight excluding hydrogens is 1510 g/mol. The van der Waals surface area contributed by atoms with Crippen LogP contribution in [0.15, 0.2) is 182 Å². The first-order valence-electron chi connectivity index (χ1n) is 29.6. The van der Waals surface area contributed by atoms with Crippen molar-refractivity contribution < 1.29 is 125 Å². The van der Waals surface area contributed by atoms with Crippen molar-refractivity contribution in [2.24, 2.45) is 11.5 Å². The standard InChI is InChI=1S/C67H79N5O12P2S2.4BrH/c1-3-41-81-64(77)47-70-65(78)59(72-62(75)39-36-57(69)67(80)84-44-46-86(53-29-17-8-18-30-53,54-31-19-9-20-32-54)55-33-21-10-22-34-55)49-88-87-48-58(71-61(74)38-35-56(68)66(79)83-42-4-2)60(73)37-40-63(76)82-43-45-85(50-23-11-5-12-24-50,51-25-13-6-14-26-51)52-27-15-7-16-28-52;;;;/h5-34,56-59H,3-4,35-49,68-69H2,1-2H3,(H-2,70,71,72,74,75,78);4*1H/p-2. The average Bonchev–Trinajstić information content (AvgIpc) is 0.799. The van der Waals surface area contributed by atoms with Gasteiger partial charge in [-0.05, 0) is 98.5 Å². The molecule has 92 heavy (non-hydrogen) atoms. The van der Waals surface area contributed by atoms with Gasteiger partial charge < -0.3 is 114 Å². The molecule has 25 heteroatoms. The van der Waals surface area contributed by atoms with Gasteiger partial charge in [-0.3, -0.25) is 38.4 Å². The molecule has 17 nitrogen and oxygen atoms in total. The predicted octanol–water partition coefficient (Wildman–Crippen LogP) is -5.99. The number of hydrogen-bond acceptors (Lipinski definition) is 16. The smallest absolute Gasteiger partial charge is 0.325 e. The number of Topliss-reactive ketones (excluding diaryl/α,β-unsaturated/α-hetero) is 1. The maximum atomic E-state index is 14.1. The van der Waals surface area contributed by atoms with Gasteiger partial charge in [0.25, 0.3) is 0 Å². The third kappa shape index (κ3) is 25.8. The minimum Gasteiger partial charge on any atom is -1.00 e. The van der Waals surface area contributed by atoms with Crippen LogP contribution in [0.1, 0.15) is 65.2 Å². The molecule has 0 saturated carbocycles. The van der Waals surface area contributed by atoms with Crippen molar-refractivity contribution in [3.63, 3.8) is 0 Å². The second kappa shape index (κ2) is 45.1. The van der Waals surface area contributed by atoms with E-state index in [1.807, 2.05) is 123 Å². The number of esters is 4. The van der Waals surface area contributed by atoms with Gasteiger partial charge in [-0.1, -0.05) is 145 Å². The van der Waals surface area contributed by atoms with E-state index in [9.17, 15) is 38.4 Å². The molecule has 0 aromatic heterocycles. The Kier molecular flexibility index (Phi) is 40.6. The number of nitrogens with two attached hydrogens (primary N) is 2. The zero-order valence-corrected chi connectivity index (χ0v) is 61.2.